The number of rotatable bonds is 4. The second-order valence-corrected chi connectivity index (χ2v) is 9.56. The number of nitrogens with zero attached hydrogens (tertiary/aromatic N) is 4. The van der Waals surface area contributed by atoms with Crippen LogP contribution in [0.25, 0.3) is 21.7 Å². The lowest BCUT2D eigenvalue weighted by Gasteiger charge is -2.54. The fraction of sp³-hybridized carbons (Fsp3) is 0.304. The SMILES string of the molecule is N#Cc1cccc(-c2nc(NC(=O)N3CC4(COC4)C3)sc2-c2cc(CO)nc(C(F)(F)F)c2)c1. The van der Waals surface area contributed by atoms with E-state index in [1.807, 2.05) is 6.07 Å². The Bertz CT molecular complexity index is 1340. The molecule has 2 aromatic heterocycles. The maximum atomic E-state index is 13.5. The normalized spacial score (nSPS) is 16.4. The second-order valence-electron chi connectivity index (χ2n) is 8.56. The number of anilines is 1. The van der Waals surface area contributed by atoms with Crippen molar-refractivity contribution >= 4 is 22.5 Å². The Morgan fingerprint density at radius 2 is 2.00 bits per heavy atom. The molecule has 0 saturated carbocycles. The van der Waals surface area contributed by atoms with Crippen molar-refractivity contribution in [3.8, 4) is 27.8 Å². The van der Waals surface area contributed by atoms with Crippen LogP contribution in [-0.2, 0) is 17.5 Å². The van der Waals surface area contributed by atoms with E-state index in [2.05, 4.69) is 15.3 Å². The lowest BCUT2D eigenvalue weighted by molar-refractivity contribution is -0.174. The van der Waals surface area contributed by atoms with Crippen molar-refractivity contribution in [3.05, 3.63) is 53.3 Å². The third-order valence-electron chi connectivity index (χ3n) is 5.86. The molecule has 180 valence electrons. The number of pyridine rings is 1. The summed E-state index contributed by atoms with van der Waals surface area (Å²) >= 11 is 1.01. The van der Waals surface area contributed by atoms with Gasteiger partial charge in [-0.05, 0) is 29.8 Å². The number of nitriles is 1. The Hall–Kier alpha value is -3.53. The number of carbonyl (C=O) groups is 1. The fourth-order valence-electron chi connectivity index (χ4n) is 4.10. The molecule has 35 heavy (non-hydrogen) atoms. The molecule has 0 unspecified atom stereocenters. The highest BCUT2D eigenvalue weighted by Gasteiger charge is 2.50. The standard InChI is InChI=1S/C23H18F3N5O3S/c24-23(25,26)17-6-15(5-16(8-32)28-17)19-18(14-3-1-2-13(4-14)7-27)29-20(35-19)30-21(33)31-9-22(10-31)11-34-12-22/h1-6,32H,8-12H2,(H,29,30,33). The number of alkyl halides is 3. The zero-order valence-corrected chi connectivity index (χ0v) is 18.9. The van der Waals surface area contributed by atoms with E-state index in [4.69, 9.17) is 4.74 Å². The van der Waals surface area contributed by atoms with Gasteiger partial charge < -0.3 is 14.7 Å². The fourth-order valence-corrected chi connectivity index (χ4v) is 5.06. The van der Waals surface area contributed by atoms with Crippen LogP contribution in [0, 0.1) is 16.7 Å². The van der Waals surface area contributed by atoms with E-state index in [0.29, 0.717) is 48.0 Å². The molecule has 2 saturated heterocycles. The molecule has 1 aromatic carbocycles. The Balaban J connectivity index is 1.54. The van der Waals surface area contributed by atoms with Crippen molar-refractivity contribution < 1.29 is 27.8 Å². The number of likely N-dealkylation sites (tertiary alicyclic amines) is 1. The molecule has 2 N–H and O–H groups in total. The first-order chi connectivity index (χ1) is 16.7. The molecule has 12 heteroatoms. The molecule has 3 aromatic rings. The number of aliphatic hydroxyl groups is 1. The van der Waals surface area contributed by atoms with Gasteiger partial charge in [-0.2, -0.15) is 18.4 Å². The predicted octanol–water partition coefficient (Wildman–Crippen LogP) is 4.12. The van der Waals surface area contributed by atoms with Crippen molar-refractivity contribution in [2.75, 3.05) is 31.6 Å². The van der Waals surface area contributed by atoms with Crippen molar-refractivity contribution in [2.45, 2.75) is 12.8 Å². The number of carbonyl (C=O) groups excluding carboxylic acids is 1. The minimum atomic E-state index is -4.72. The van der Waals surface area contributed by atoms with Crippen LogP contribution in [0.5, 0.6) is 0 Å². The van der Waals surface area contributed by atoms with Gasteiger partial charge in [0.2, 0.25) is 0 Å². The van der Waals surface area contributed by atoms with E-state index in [1.165, 1.54) is 6.07 Å². The zero-order valence-electron chi connectivity index (χ0n) is 18.1. The van der Waals surface area contributed by atoms with Crippen LogP contribution in [0.3, 0.4) is 0 Å². The van der Waals surface area contributed by atoms with Gasteiger partial charge in [0.25, 0.3) is 0 Å². The summed E-state index contributed by atoms with van der Waals surface area (Å²) in [6.45, 7) is 1.68. The van der Waals surface area contributed by atoms with Crippen LogP contribution >= 0.6 is 11.3 Å². The highest BCUT2D eigenvalue weighted by Crippen LogP contribution is 2.42. The van der Waals surface area contributed by atoms with Gasteiger partial charge in [-0.3, -0.25) is 5.32 Å². The minimum absolute atomic E-state index is 0.0278. The number of amides is 2. The van der Waals surface area contributed by atoms with Gasteiger partial charge in [-0.25, -0.2) is 14.8 Å². The van der Waals surface area contributed by atoms with Crippen LogP contribution in [0.15, 0.2) is 36.4 Å². The monoisotopic (exact) mass is 501 g/mol. The largest absolute Gasteiger partial charge is 0.433 e. The summed E-state index contributed by atoms with van der Waals surface area (Å²) < 4.78 is 45.6. The molecule has 1 spiro atoms. The van der Waals surface area contributed by atoms with Crippen LogP contribution < -0.4 is 5.32 Å². The summed E-state index contributed by atoms with van der Waals surface area (Å²) in [5.74, 6) is 0. The van der Waals surface area contributed by atoms with Gasteiger partial charge >= 0.3 is 12.2 Å². The highest BCUT2D eigenvalue weighted by atomic mass is 32.1. The summed E-state index contributed by atoms with van der Waals surface area (Å²) in [6.07, 6.45) is -4.72. The first kappa shape index (κ1) is 23.2. The summed E-state index contributed by atoms with van der Waals surface area (Å²) in [5, 5.41) is 21.7. The number of nitrogens with one attached hydrogen (secondary N) is 1. The number of thiazole rings is 1. The summed E-state index contributed by atoms with van der Waals surface area (Å²) in [6, 6.07) is 10.4. The molecule has 2 aliphatic heterocycles. The van der Waals surface area contributed by atoms with Gasteiger partial charge in [0.15, 0.2) is 5.13 Å². The predicted molar refractivity (Wildman–Crippen MR) is 120 cm³/mol. The van der Waals surface area contributed by atoms with Crippen LogP contribution in [0.1, 0.15) is 17.0 Å². The van der Waals surface area contributed by atoms with Gasteiger partial charge in [-0.1, -0.05) is 23.5 Å². The van der Waals surface area contributed by atoms with Gasteiger partial charge in [0, 0.05) is 18.7 Å². The molecule has 4 heterocycles. The lowest BCUT2D eigenvalue weighted by atomic mass is 9.78. The molecule has 0 radical (unpaired) electrons. The summed E-state index contributed by atoms with van der Waals surface area (Å²) in [4.78, 5) is 22.6. The molecule has 5 rings (SSSR count). The van der Waals surface area contributed by atoms with E-state index >= 15 is 0 Å². The molecule has 2 aliphatic rings. The molecule has 2 amide bonds. The zero-order chi connectivity index (χ0) is 24.8. The van der Waals surface area contributed by atoms with Crippen LogP contribution in [0.4, 0.5) is 23.1 Å². The molecule has 8 nitrogen and oxygen atoms in total. The van der Waals surface area contributed by atoms with Crippen molar-refractivity contribution in [1.82, 2.24) is 14.9 Å². The van der Waals surface area contributed by atoms with Gasteiger partial charge in [0.1, 0.15) is 5.69 Å². The first-order valence-corrected chi connectivity index (χ1v) is 11.4. The number of aliphatic hydroxyl groups excluding tert-OH is 1. The summed E-state index contributed by atoms with van der Waals surface area (Å²) in [7, 11) is 0. The second kappa shape index (κ2) is 8.60. The number of halogens is 3. The molecule has 0 bridgehead atoms. The first-order valence-electron chi connectivity index (χ1n) is 10.5. The van der Waals surface area contributed by atoms with E-state index in [1.54, 1.807) is 29.2 Å². The van der Waals surface area contributed by atoms with E-state index in [0.717, 1.165) is 17.4 Å². The average Bonchev–Trinajstić information content (AvgIpc) is 3.20. The molecule has 0 aliphatic carbocycles. The number of hydrogen-bond donors (Lipinski definition) is 2. The molecular weight excluding hydrogens is 483 g/mol. The molecular formula is C23H18F3N5O3S. The Morgan fingerprint density at radius 3 is 2.63 bits per heavy atom. The van der Waals surface area contributed by atoms with Gasteiger partial charge in [0.05, 0.1) is 53.1 Å². The van der Waals surface area contributed by atoms with Crippen molar-refractivity contribution in [2.24, 2.45) is 5.41 Å². The average molecular weight is 501 g/mol. The van der Waals surface area contributed by atoms with Crippen molar-refractivity contribution in [3.63, 3.8) is 0 Å². The summed E-state index contributed by atoms with van der Waals surface area (Å²) in [5.41, 5.74) is 0.0189. The van der Waals surface area contributed by atoms with Gasteiger partial charge in [-0.15, -0.1) is 0 Å². The maximum absolute atomic E-state index is 13.5. The number of hydrogen-bond acceptors (Lipinski definition) is 7. The van der Waals surface area contributed by atoms with E-state index < -0.39 is 18.5 Å². The quantitative estimate of drug-likeness (QED) is 0.557. The number of aromatic nitrogens is 2. The third kappa shape index (κ3) is 4.45. The van der Waals surface area contributed by atoms with Crippen LogP contribution in [0.2, 0.25) is 0 Å². The minimum Gasteiger partial charge on any atom is -0.390 e. The van der Waals surface area contributed by atoms with Crippen LogP contribution in [-0.4, -0.2) is 52.3 Å². The van der Waals surface area contributed by atoms with E-state index in [-0.39, 0.29) is 27.8 Å². The van der Waals surface area contributed by atoms with E-state index in [9.17, 15) is 28.3 Å². The maximum Gasteiger partial charge on any atom is 0.433 e. The Morgan fingerprint density at radius 1 is 1.23 bits per heavy atom. The number of urea groups is 1. The smallest absolute Gasteiger partial charge is 0.390 e. The number of benzene rings is 1. The highest BCUT2D eigenvalue weighted by molar-refractivity contribution is 7.19. The third-order valence-corrected chi connectivity index (χ3v) is 6.88. The Labute approximate surface area is 201 Å². The Kier molecular flexibility index (Phi) is 5.71. The lowest BCUT2D eigenvalue weighted by Crippen LogP contribution is -2.67. The molecule has 2 fully saturated rings. The molecule has 0 atom stereocenters. The number of ether oxygens (including phenoxy) is 1. The topological polar surface area (TPSA) is 111 Å². The van der Waals surface area contributed by atoms with Crippen molar-refractivity contribution in [1.29, 1.82) is 5.26 Å².